The van der Waals surface area contributed by atoms with Crippen LogP contribution in [0.2, 0.25) is 0 Å². The Bertz CT molecular complexity index is 315. The van der Waals surface area contributed by atoms with E-state index >= 15 is 0 Å². The lowest BCUT2D eigenvalue weighted by molar-refractivity contribution is -0.0608. The molecule has 2 aliphatic heterocycles. The van der Waals surface area contributed by atoms with E-state index in [0.717, 1.165) is 32.2 Å². The first-order chi connectivity index (χ1) is 9.78. The maximum Gasteiger partial charge on any atom is 0.153 e. The predicted molar refractivity (Wildman–Crippen MR) is 80.7 cm³/mol. The van der Waals surface area contributed by atoms with Crippen molar-refractivity contribution in [3.05, 3.63) is 0 Å². The van der Waals surface area contributed by atoms with Gasteiger partial charge in [0.25, 0.3) is 0 Å². The highest BCUT2D eigenvalue weighted by Crippen LogP contribution is 2.19. The van der Waals surface area contributed by atoms with E-state index in [4.69, 9.17) is 15.9 Å². The topological polar surface area (TPSA) is 33.7 Å². The zero-order valence-corrected chi connectivity index (χ0v) is 12.7. The Hall–Kier alpha value is -0.600. The average Bonchev–Trinajstić information content (AvgIpc) is 2.45. The lowest BCUT2D eigenvalue weighted by Crippen LogP contribution is -2.60. The third kappa shape index (κ3) is 4.46. The molecular weight excluding hydrogens is 252 g/mol. The van der Waals surface area contributed by atoms with Crippen LogP contribution in [0, 0.1) is 18.3 Å². The summed E-state index contributed by atoms with van der Waals surface area (Å²) < 4.78 is 11.3. The Morgan fingerprint density at radius 3 is 2.55 bits per heavy atom. The Morgan fingerprint density at radius 2 is 2.00 bits per heavy atom. The molecule has 0 aromatic heterocycles. The molecule has 0 unspecified atom stereocenters. The average molecular weight is 280 g/mol. The van der Waals surface area contributed by atoms with Gasteiger partial charge in [0.05, 0.1) is 19.8 Å². The van der Waals surface area contributed by atoms with Gasteiger partial charge in [-0.3, -0.25) is 0 Å². The van der Waals surface area contributed by atoms with Crippen LogP contribution in [0.3, 0.4) is 0 Å². The highest BCUT2D eigenvalue weighted by molar-refractivity contribution is 5.16. The quantitative estimate of drug-likeness (QED) is 0.533. The van der Waals surface area contributed by atoms with Gasteiger partial charge in [0.1, 0.15) is 0 Å². The van der Waals surface area contributed by atoms with Crippen LogP contribution in [0.4, 0.5) is 0 Å². The molecule has 2 aliphatic rings. The van der Waals surface area contributed by atoms with Gasteiger partial charge in [0, 0.05) is 19.6 Å². The largest absolute Gasteiger partial charge is 0.378 e. The molecule has 0 amide bonds. The van der Waals surface area contributed by atoms with Gasteiger partial charge in [-0.2, -0.15) is 0 Å². The lowest BCUT2D eigenvalue weighted by Gasteiger charge is -2.37. The zero-order valence-electron chi connectivity index (χ0n) is 12.7. The minimum atomic E-state index is -0.370. The number of likely N-dealkylation sites (tertiary alicyclic amines) is 1. The Labute approximate surface area is 123 Å². The van der Waals surface area contributed by atoms with Gasteiger partial charge in [-0.25, -0.2) is 0 Å². The summed E-state index contributed by atoms with van der Waals surface area (Å²) in [6.45, 7) is 9.32. The fraction of sp³-hybridized carbons (Fsp3) is 0.875. The number of terminal acetylenes is 1. The van der Waals surface area contributed by atoms with Crippen molar-refractivity contribution in [3.63, 3.8) is 0 Å². The number of hydrogen-bond acceptors (Lipinski definition) is 4. The molecular formula is C16H28N2O2. The molecule has 2 heterocycles. The van der Waals surface area contributed by atoms with Crippen LogP contribution in [0.5, 0.6) is 0 Å². The second-order valence-electron chi connectivity index (χ2n) is 5.90. The van der Waals surface area contributed by atoms with Crippen LogP contribution in [0.15, 0.2) is 0 Å². The molecule has 0 radical (unpaired) electrons. The SMILES string of the molecule is C#CC1(OCCOCCN2CCC(CC)CC2)CNC1. The molecule has 0 atom stereocenters. The van der Waals surface area contributed by atoms with Crippen molar-refractivity contribution >= 4 is 0 Å². The lowest BCUT2D eigenvalue weighted by atomic mass is 9.94. The summed E-state index contributed by atoms with van der Waals surface area (Å²) in [5.74, 6) is 3.66. The van der Waals surface area contributed by atoms with Gasteiger partial charge in [-0.05, 0) is 31.8 Å². The molecule has 4 nitrogen and oxygen atoms in total. The molecule has 2 rings (SSSR count). The van der Waals surface area contributed by atoms with Crippen LogP contribution in [0.1, 0.15) is 26.2 Å². The van der Waals surface area contributed by atoms with Gasteiger partial charge < -0.3 is 19.7 Å². The van der Waals surface area contributed by atoms with Gasteiger partial charge >= 0.3 is 0 Å². The fourth-order valence-corrected chi connectivity index (χ4v) is 2.81. The molecule has 0 aliphatic carbocycles. The molecule has 2 fully saturated rings. The molecule has 0 aromatic carbocycles. The summed E-state index contributed by atoms with van der Waals surface area (Å²) in [5.41, 5.74) is -0.370. The second kappa shape index (κ2) is 7.99. The van der Waals surface area contributed by atoms with E-state index in [1.54, 1.807) is 0 Å². The van der Waals surface area contributed by atoms with E-state index in [-0.39, 0.29) is 5.60 Å². The highest BCUT2D eigenvalue weighted by Gasteiger charge is 2.35. The molecule has 1 N–H and O–H groups in total. The van der Waals surface area contributed by atoms with Crippen molar-refractivity contribution in [2.24, 2.45) is 5.92 Å². The summed E-state index contributed by atoms with van der Waals surface area (Å²) in [5, 5.41) is 3.14. The summed E-state index contributed by atoms with van der Waals surface area (Å²) >= 11 is 0. The molecule has 0 spiro atoms. The Morgan fingerprint density at radius 1 is 1.25 bits per heavy atom. The predicted octanol–water partition coefficient (Wildman–Crippen LogP) is 1.12. The van der Waals surface area contributed by atoms with Crippen molar-refractivity contribution in [2.45, 2.75) is 31.8 Å². The molecule has 0 bridgehead atoms. The minimum absolute atomic E-state index is 0.370. The first kappa shape index (κ1) is 15.8. The van der Waals surface area contributed by atoms with Gasteiger partial charge in [0.2, 0.25) is 0 Å². The smallest absolute Gasteiger partial charge is 0.153 e. The van der Waals surface area contributed by atoms with E-state index in [9.17, 15) is 0 Å². The number of ether oxygens (including phenoxy) is 2. The minimum Gasteiger partial charge on any atom is -0.378 e. The number of nitrogens with zero attached hydrogens (tertiary/aromatic N) is 1. The van der Waals surface area contributed by atoms with Crippen LogP contribution >= 0.6 is 0 Å². The Kier molecular flexibility index (Phi) is 6.31. The molecule has 0 aromatic rings. The van der Waals surface area contributed by atoms with E-state index in [1.165, 1.54) is 32.4 Å². The van der Waals surface area contributed by atoms with Crippen LogP contribution in [-0.2, 0) is 9.47 Å². The Balaban J connectivity index is 1.45. The number of nitrogens with one attached hydrogen (secondary N) is 1. The molecule has 2 saturated heterocycles. The third-order valence-electron chi connectivity index (χ3n) is 4.53. The van der Waals surface area contributed by atoms with Crippen LogP contribution in [-0.4, -0.2) is 63.0 Å². The van der Waals surface area contributed by atoms with Crippen molar-refractivity contribution in [3.8, 4) is 12.3 Å². The van der Waals surface area contributed by atoms with E-state index < -0.39 is 0 Å². The van der Waals surface area contributed by atoms with Gasteiger partial charge in [-0.1, -0.05) is 19.3 Å². The van der Waals surface area contributed by atoms with E-state index in [2.05, 4.69) is 23.1 Å². The standard InChI is InChI=1S/C16H28N2O2/c1-3-15-5-7-18(8-6-15)9-10-19-11-12-20-16(4-2)13-17-14-16/h2,15,17H,3,5-14H2,1H3. The monoisotopic (exact) mass is 280 g/mol. The first-order valence-corrected chi connectivity index (χ1v) is 7.90. The number of rotatable bonds is 8. The van der Waals surface area contributed by atoms with Crippen molar-refractivity contribution < 1.29 is 9.47 Å². The van der Waals surface area contributed by atoms with Crippen LogP contribution < -0.4 is 5.32 Å². The third-order valence-corrected chi connectivity index (χ3v) is 4.53. The van der Waals surface area contributed by atoms with Crippen LogP contribution in [0.25, 0.3) is 0 Å². The maximum atomic E-state index is 5.70. The summed E-state index contributed by atoms with van der Waals surface area (Å²) in [7, 11) is 0. The summed E-state index contributed by atoms with van der Waals surface area (Å²) in [4.78, 5) is 2.51. The maximum absolute atomic E-state index is 5.70. The van der Waals surface area contributed by atoms with E-state index in [1.807, 2.05) is 0 Å². The van der Waals surface area contributed by atoms with Crippen molar-refractivity contribution in [1.82, 2.24) is 10.2 Å². The first-order valence-electron chi connectivity index (χ1n) is 7.90. The normalized spacial score (nSPS) is 23.2. The molecule has 0 saturated carbocycles. The fourth-order valence-electron chi connectivity index (χ4n) is 2.81. The zero-order chi connectivity index (χ0) is 14.3. The van der Waals surface area contributed by atoms with Gasteiger partial charge in [-0.15, -0.1) is 6.42 Å². The molecule has 114 valence electrons. The highest BCUT2D eigenvalue weighted by atomic mass is 16.5. The number of hydrogen-bond donors (Lipinski definition) is 1. The van der Waals surface area contributed by atoms with Crippen molar-refractivity contribution in [2.75, 3.05) is 52.5 Å². The second-order valence-corrected chi connectivity index (χ2v) is 5.90. The summed E-state index contributed by atoms with van der Waals surface area (Å²) in [6.07, 6.45) is 9.48. The molecule has 20 heavy (non-hydrogen) atoms. The molecule has 4 heteroatoms. The van der Waals surface area contributed by atoms with Crippen molar-refractivity contribution in [1.29, 1.82) is 0 Å². The summed E-state index contributed by atoms with van der Waals surface area (Å²) in [6, 6.07) is 0. The number of piperidine rings is 1. The van der Waals surface area contributed by atoms with E-state index in [0.29, 0.717) is 13.2 Å². The van der Waals surface area contributed by atoms with Gasteiger partial charge in [0.15, 0.2) is 5.60 Å².